The van der Waals surface area contributed by atoms with Gasteiger partial charge in [-0.1, -0.05) is 26.6 Å². The van der Waals surface area contributed by atoms with E-state index in [1.54, 1.807) is 0 Å². The Morgan fingerprint density at radius 3 is 2.50 bits per heavy atom. The molecule has 0 aromatic rings. The Morgan fingerprint density at radius 1 is 1.36 bits per heavy atom. The zero-order valence-electron chi connectivity index (χ0n) is 10.2. The first kappa shape index (κ1) is 12.2. The molecule has 1 rings (SSSR count). The molecule has 3 heteroatoms. The molecule has 0 aromatic carbocycles. The summed E-state index contributed by atoms with van der Waals surface area (Å²) in [5.74, 6) is 1.57. The van der Waals surface area contributed by atoms with Crippen LogP contribution in [0.2, 0.25) is 19.6 Å². The molecule has 0 bridgehead atoms. The van der Waals surface area contributed by atoms with Gasteiger partial charge in [0, 0.05) is 6.54 Å². The maximum Gasteiger partial charge on any atom is 0.0599 e. The minimum atomic E-state index is -0.924. The van der Waals surface area contributed by atoms with Crippen LogP contribution in [0.5, 0.6) is 0 Å². The Kier molecular flexibility index (Phi) is 4.16. The standard InChI is InChI=1S/C11H26N2Si/c1-10-5-6-13(8-11(10)7-12)9-14(2,3)4/h10-11H,5-9,12H2,1-4H3. The zero-order chi connectivity index (χ0) is 10.8. The second-order valence-electron chi connectivity index (χ2n) is 6.06. The SMILES string of the molecule is CC1CCN(C[Si](C)(C)C)CC1CN. The summed E-state index contributed by atoms with van der Waals surface area (Å²) in [5, 5.41) is 0. The molecule has 1 heterocycles. The molecule has 1 saturated heterocycles. The highest BCUT2D eigenvalue weighted by Crippen LogP contribution is 2.23. The van der Waals surface area contributed by atoms with Gasteiger partial charge in [-0.3, -0.25) is 0 Å². The molecule has 0 saturated carbocycles. The minimum Gasteiger partial charge on any atom is -0.330 e. The molecule has 0 spiro atoms. The Morgan fingerprint density at radius 2 is 2.00 bits per heavy atom. The average Bonchev–Trinajstić information content (AvgIpc) is 2.06. The summed E-state index contributed by atoms with van der Waals surface area (Å²) >= 11 is 0. The number of nitrogens with two attached hydrogens (primary N) is 1. The van der Waals surface area contributed by atoms with E-state index in [-0.39, 0.29) is 0 Å². The van der Waals surface area contributed by atoms with Gasteiger partial charge in [-0.15, -0.1) is 0 Å². The molecule has 0 radical (unpaired) electrons. The average molecular weight is 214 g/mol. The van der Waals surface area contributed by atoms with Crippen LogP contribution in [0.3, 0.4) is 0 Å². The Bertz CT molecular complexity index is 177. The number of rotatable bonds is 3. The van der Waals surface area contributed by atoms with Crippen molar-refractivity contribution >= 4 is 8.07 Å². The maximum absolute atomic E-state index is 5.80. The van der Waals surface area contributed by atoms with E-state index in [0.29, 0.717) is 0 Å². The molecule has 1 aliphatic rings. The Labute approximate surface area is 89.9 Å². The van der Waals surface area contributed by atoms with E-state index in [2.05, 4.69) is 31.5 Å². The van der Waals surface area contributed by atoms with Crippen LogP contribution in [0.1, 0.15) is 13.3 Å². The van der Waals surface area contributed by atoms with Crippen LogP contribution in [-0.2, 0) is 0 Å². The van der Waals surface area contributed by atoms with Crippen molar-refractivity contribution in [2.45, 2.75) is 33.0 Å². The van der Waals surface area contributed by atoms with Crippen LogP contribution in [0, 0.1) is 11.8 Å². The van der Waals surface area contributed by atoms with E-state index in [9.17, 15) is 0 Å². The molecule has 2 unspecified atom stereocenters. The largest absolute Gasteiger partial charge is 0.330 e. The van der Waals surface area contributed by atoms with Crippen LogP contribution >= 0.6 is 0 Å². The van der Waals surface area contributed by atoms with Gasteiger partial charge in [0.2, 0.25) is 0 Å². The monoisotopic (exact) mass is 214 g/mol. The van der Waals surface area contributed by atoms with E-state index >= 15 is 0 Å². The third kappa shape index (κ3) is 3.71. The van der Waals surface area contributed by atoms with Gasteiger partial charge in [-0.05, 0) is 37.5 Å². The van der Waals surface area contributed by atoms with Crippen molar-refractivity contribution in [3.05, 3.63) is 0 Å². The Hall–Kier alpha value is 0.137. The van der Waals surface area contributed by atoms with Crippen molar-refractivity contribution < 1.29 is 0 Å². The van der Waals surface area contributed by atoms with Crippen molar-refractivity contribution in [1.82, 2.24) is 4.90 Å². The molecule has 0 aromatic heterocycles. The van der Waals surface area contributed by atoms with Crippen LogP contribution in [0.4, 0.5) is 0 Å². The van der Waals surface area contributed by atoms with Gasteiger partial charge in [-0.2, -0.15) is 0 Å². The first-order valence-electron chi connectivity index (χ1n) is 5.85. The Balaban J connectivity index is 2.43. The van der Waals surface area contributed by atoms with Crippen molar-refractivity contribution in [3.8, 4) is 0 Å². The lowest BCUT2D eigenvalue weighted by atomic mass is 9.87. The van der Waals surface area contributed by atoms with Gasteiger partial charge in [-0.25, -0.2) is 0 Å². The molecule has 0 aliphatic carbocycles. The molecule has 84 valence electrons. The molecular weight excluding hydrogens is 188 g/mol. The van der Waals surface area contributed by atoms with Crippen LogP contribution in [0.25, 0.3) is 0 Å². The first-order valence-corrected chi connectivity index (χ1v) is 9.55. The summed E-state index contributed by atoms with van der Waals surface area (Å²) in [6, 6.07) is 0. The summed E-state index contributed by atoms with van der Waals surface area (Å²) in [7, 11) is -0.924. The molecular formula is C11H26N2Si. The van der Waals surface area contributed by atoms with Gasteiger partial charge < -0.3 is 10.6 Å². The van der Waals surface area contributed by atoms with Crippen molar-refractivity contribution in [1.29, 1.82) is 0 Å². The van der Waals surface area contributed by atoms with Crippen molar-refractivity contribution in [3.63, 3.8) is 0 Å². The summed E-state index contributed by atoms with van der Waals surface area (Å²) < 4.78 is 0. The van der Waals surface area contributed by atoms with Gasteiger partial charge in [0.1, 0.15) is 0 Å². The van der Waals surface area contributed by atoms with E-state index in [1.807, 2.05) is 0 Å². The van der Waals surface area contributed by atoms with Crippen molar-refractivity contribution in [2.24, 2.45) is 17.6 Å². The summed E-state index contributed by atoms with van der Waals surface area (Å²) in [4.78, 5) is 2.64. The number of hydrogen-bond donors (Lipinski definition) is 1. The molecule has 2 nitrogen and oxygen atoms in total. The van der Waals surface area contributed by atoms with Crippen LogP contribution < -0.4 is 5.73 Å². The van der Waals surface area contributed by atoms with Crippen molar-refractivity contribution in [2.75, 3.05) is 25.8 Å². The quantitative estimate of drug-likeness (QED) is 0.726. The fourth-order valence-corrected chi connectivity index (χ4v) is 3.97. The topological polar surface area (TPSA) is 29.3 Å². The maximum atomic E-state index is 5.80. The van der Waals surface area contributed by atoms with Crippen LogP contribution in [0.15, 0.2) is 0 Å². The fourth-order valence-electron chi connectivity index (χ4n) is 2.35. The zero-order valence-corrected chi connectivity index (χ0v) is 11.2. The normalized spacial score (nSPS) is 30.6. The number of nitrogens with zero attached hydrogens (tertiary/aromatic N) is 1. The van der Waals surface area contributed by atoms with Gasteiger partial charge >= 0.3 is 0 Å². The van der Waals surface area contributed by atoms with Gasteiger partial charge in [0.15, 0.2) is 0 Å². The lowest BCUT2D eigenvalue weighted by Gasteiger charge is -2.39. The van der Waals surface area contributed by atoms with E-state index in [4.69, 9.17) is 5.73 Å². The lowest BCUT2D eigenvalue weighted by Crippen LogP contribution is -2.48. The number of piperidine rings is 1. The predicted molar refractivity (Wildman–Crippen MR) is 66.1 cm³/mol. The highest BCUT2D eigenvalue weighted by atomic mass is 28.3. The first-order chi connectivity index (χ1) is 6.42. The third-order valence-corrected chi connectivity index (χ3v) is 4.59. The molecule has 1 fully saturated rings. The molecule has 2 atom stereocenters. The lowest BCUT2D eigenvalue weighted by molar-refractivity contribution is 0.149. The highest BCUT2D eigenvalue weighted by molar-refractivity contribution is 6.76. The summed E-state index contributed by atoms with van der Waals surface area (Å²) in [6.45, 7) is 13.1. The van der Waals surface area contributed by atoms with E-state index in [1.165, 1.54) is 25.7 Å². The second-order valence-corrected chi connectivity index (χ2v) is 11.5. The molecule has 2 N–H and O–H groups in total. The fraction of sp³-hybridized carbons (Fsp3) is 1.00. The smallest absolute Gasteiger partial charge is 0.0599 e. The summed E-state index contributed by atoms with van der Waals surface area (Å²) in [5.41, 5.74) is 5.80. The van der Waals surface area contributed by atoms with Gasteiger partial charge in [0.05, 0.1) is 8.07 Å². The minimum absolute atomic E-state index is 0.736. The highest BCUT2D eigenvalue weighted by Gasteiger charge is 2.27. The van der Waals surface area contributed by atoms with E-state index < -0.39 is 8.07 Å². The molecule has 14 heavy (non-hydrogen) atoms. The predicted octanol–water partition coefficient (Wildman–Crippen LogP) is 1.78. The second kappa shape index (κ2) is 4.77. The third-order valence-electron chi connectivity index (χ3n) is 3.20. The summed E-state index contributed by atoms with van der Waals surface area (Å²) in [6.07, 6.45) is 2.68. The number of hydrogen-bond acceptors (Lipinski definition) is 2. The van der Waals surface area contributed by atoms with Gasteiger partial charge in [0.25, 0.3) is 0 Å². The molecule has 1 aliphatic heterocycles. The van der Waals surface area contributed by atoms with Crippen LogP contribution in [-0.4, -0.2) is 38.8 Å². The van der Waals surface area contributed by atoms with E-state index in [0.717, 1.165) is 18.4 Å². The number of likely N-dealkylation sites (tertiary alicyclic amines) is 1. The molecule has 0 amide bonds.